The van der Waals surface area contributed by atoms with Crippen LogP contribution in [0.25, 0.3) is 6.08 Å². The van der Waals surface area contributed by atoms with Crippen molar-refractivity contribution in [1.29, 1.82) is 0 Å². The van der Waals surface area contributed by atoms with Gasteiger partial charge in [0.25, 0.3) is 5.91 Å². The maximum Gasteiger partial charge on any atom is 0.279 e. The van der Waals surface area contributed by atoms with Gasteiger partial charge in [0.1, 0.15) is 5.76 Å². The molecule has 8 heteroatoms. The molecule has 0 aliphatic carbocycles. The van der Waals surface area contributed by atoms with E-state index in [4.69, 9.17) is 4.52 Å². The molecule has 3 aromatic rings. The van der Waals surface area contributed by atoms with Gasteiger partial charge < -0.3 is 9.42 Å². The number of amides is 2. The van der Waals surface area contributed by atoms with Crippen molar-refractivity contribution in [2.75, 3.05) is 11.9 Å². The fourth-order valence-electron chi connectivity index (χ4n) is 2.91. The number of hydrogen-bond acceptors (Lipinski definition) is 6. The van der Waals surface area contributed by atoms with E-state index in [2.05, 4.69) is 15.5 Å². The summed E-state index contributed by atoms with van der Waals surface area (Å²) >= 11 is 1.38. The molecule has 3 heterocycles. The van der Waals surface area contributed by atoms with Crippen LogP contribution in [0.5, 0.6) is 0 Å². The largest absolute Gasteiger partial charge is 0.361 e. The van der Waals surface area contributed by atoms with Gasteiger partial charge in [0.15, 0.2) is 10.8 Å². The van der Waals surface area contributed by atoms with Crippen molar-refractivity contribution in [2.45, 2.75) is 19.9 Å². The first-order valence-electron chi connectivity index (χ1n) is 8.84. The van der Waals surface area contributed by atoms with Crippen LogP contribution < -0.4 is 5.32 Å². The topological polar surface area (TPSA) is 88.3 Å². The van der Waals surface area contributed by atoms with Gasteiger partial charge in [-0.2, -0.15) is 0 Å². The lowest BCUT2D eigenvalue weighted by atomic mass is 10.1. The SMILES string of the molecule is Cc1cc(C(=O)Nc2nc3c(s2)CN(C(=O)/C=C/c2ccccc2)CC3)no1. The molecule has 1 N–H and O–H groups in total. The van der Waals surface area contributed by atoms with Gasteiger partial charge >= 0.3 is 0 Å². The fraction of sp³-hybridized carbons (Fsp3) is 0.200. The van der Waals surface area contributed by atoms with Crippen LogP contribution in [0.2, 0.25) is 0 Å². The molecule has 0 radical (unpaired) electrons. The number of benzene rings is 1. The summed E-state index contributed by atoms with van der Waals surface area (Å²) in [4.78, 5) is 31.9. The number of carbonyl (C=O) groups is 2. The number of nitrogens with one attached hydrogen (secondary N) is 1. The van der Waals surface area contributed by atoms with Gasteiger partial charge in [-0.1, -0.05) is 46.8 Å². The number of aromatic nitrogens is 2. The molecular weight excluding hydrogens is 376 g/mol. The number of rotatable bonds is 4. The third-order valence-electron chi connectivity index (χ3n) is 4.34. The summed E-state index contributed by atoms with van der Waals surface area (Å²) < 4.78 is 4.92. The molecule has 0 fully saturated rings. The first kappa shape index (κ1) is 18.1. The van der Waals surface area contributed by atoms with Crippen LogP contribution >= 0.6 is 11.3 Å². The summed E-state index contributed by atoms with van der Waals surface area (Å²) in [6, 6.07) is 11.3. The Kier molecular flexibility index (Phi) is 5.03. The van der Waals surface area contributed by atoms with Crippen LogP contribution in [0, 0.1) is 6.92 Å². The summed E-state index contributed by atoms with van der Waals surface area (Å²) in [5.74, 6) is 0.175. The van der Waals surface area contributed by atoms with Gasteiger partial charge in [-0.25, -0.2) is 4.98 Å². The lowest BCUT2D eigenvalue weighted by Crippen LogP contribution is -2.34. The van der Waals surface area contributed by atoms with E-state index in [1.165, 1.54) is 11.3 Å². The molecular formula is C20H18N4O3S. The third-order valence-corrected chi connectivity index (χ3v) is 5.34. The van der Waals surface area contributed by atoms with Crippen molar-refractivity contribution in [2.24, 2.45) is 0 Å². The molecule has 1 aliphatic rings. The second-order valence-electron chi connectivity index (χ2n) is 6.42. The van der Waals surface area contributed by atoms with E-state index >= 15 is 0 Å². The van der Waals surface area contributed by atoms with E-state index in [1.807, 2.05) is 36.4 Å². The van der Waals surface area contributed by atoms with Gasteiger partial charge in [0, 0.05) is 30.0 Å². The van der Waals surface area contributed by atoms with Crippen LogP contribution in [0.4, 0.5) is 5.13 Å². The molecule has 0 saturated carbocycles. The minimum absolute atomic E-state index is 0.0356. The maximum atomic E-state index is 12.5. The van der Waals surface area contributed by atoms with Crippen molar-refractivity contribution in [3.63, 3.8) is 0 Å². The van der Waals surface area contributed by atoms with Gasteiger partial charge in [0.2, 0.25) is 5.91 Å². The summed E-state index contributed by atoms with van der Waals surface area (Å²) in [6.07, 6.45) is 4.07. The average molecular weight is 394 g/mol. The van der Waals surface area contributed by atoms with Crippen LogP contribution in [-0.2, 0) is 17.8 Å². The number of nitrogens with zero attached hydrogens (tertiary/aromatic N) is 3. The second-order valence-corrected chi connectivity index (χ2v) is 7.50. The van der Waals surface area contributed by atoms with E-state index < -0.39 is 0 Å². The Morgan fingerprint density at radius 3 is 2.86 bits per heavy atom. The molecule has 0 atom stereocenters. The number of aryl methyl sites for hydroxylation is 1. The highest BCUT2D eigenvalue weighted by atomic mass is 32.1. The molecule has 0 bridgehead atoms. The average Bonchev–Trinajstić information content (AvgIpc) is 3.31. The highest BCUT2D eigenvalue weighted by molar-refractivity contribution is 7.15. The molecule has 4 rings (SSSR count). The number of thiazole rings is 1. The summed E-state index contributed by atoms with van der Waals surface area (Å²) in [5, 5.41) is 6.96. The molecule has 1 aromatic carbocycles. The number of fused-ring (bicyclic) bond motifs is 1. The molecule has 7 nitrogen and oxygen atoms in total. The first-order valence-corrected chi connectivity index (χ1v) is 9.65. The fourth-order valence-corrected chi connectivity index (χ4v) is 3.93. The molecule has 2 amide bonds. The standard InChI is InChI=1S/C20H18N4O3S/c1-13-11-16(23-27-13)19(26)22-20-21-15-9-10-24(12-17(15)28-20)18(25)8-7-14-5-3-2-4-6-14/h2-8,11H,9-10,12H2,1H3,(H,21,22,26)/b8-7+. The van der Waals surface area contributed by atoms with Gasteiger partial charge in [-0.15, -0.1) is 0 Å². The zero-order valence-electron chi connectivity index (χ0n) is 15.2. The minimum atomic E-state index is -0.360. The number of carbonyl (C=O) groups excluding carboxylic acids is 2. The van der Waals surface area contributed by atoms with Crippen molar-refractivity contribution >= 4 is 34.4 Å². The Morgan fingerprint density at radius 1 is 1.29 bits per heavy atom. The summed E-state index contributed by atoms with van der Waals surface area (Å²) in [7, 11) is 0. The predicted octanol–water partition coefficient (Wildman–Crippen LogP) is 3.29. The van der Waals surface area contributed by atoms with E-state index in [9.17, 15) is 9.59 Å². The van der Waals surface area contributed by atoms with Crippen LogP contribution in [0.15, 0.2) is 47.0 Å². The van der Waals surface area contributed by atoms with Crippen LogP contribution in [0.3, 0.4) is 0 Å². The number of hydrogen-bond donors (Lipinski definition) is 1. The summed E-state index contributed by atoms with van der Waals surface area (Å²) in [6.45, 7) is 2.82. The molecule has 0 saturated heterocycles. The molecule has 2 aromatic heterocycles. The second kappa shape index (κ2) is 7.77. The van der Waals surface area contributed by atoms with Crippen molar-refractivity contribution in [3.8, 4) is 0 Å². The van der Waals surface area contributed by atoms with E-state index in [-0.39, 0.29) is 17.5 Å². The van der Waals surface area contributed by atoms with Crippen LogP contribution in [-0.4, -0.2) is 33.4 Å². The lowest BCUT2D eigenvalue weighted by Gasteiger charge is -2.24. The van der Waals surface area contributed by atoms with Crippen molar-refractivity contribution < 1.29 is 14.1 Å². The van der Waals surface area contributed by atoms with Crippen molar-refractivity contribution in [1.82, 2.24) is 15.0 Å². The quantitative estimate of drug-likeness (QED) is 0.686. The molecule has 0 unspecified atom stereocenters. The Bertz CT molecular complexity index is 1040. The molecule has 142 valence electrons. The van der Waals surface area contributed by atoms with E-state index in [0.29, 0.717) is 30.4 Å². The number of anilines is 1. The van der Waals surface area contributed by atoms with Gasteiger partial charge in [-0.3, -0.25) is 14.9 Å². The Morgan fingerprint density at radius 2 is 2.11 bits per heavy atom. The van der Waals surface area contributed by atoms with Crippen molar-refractivity contribution in [3.05, 3.63) is 70.1 Å². The molecule has 0 spiro atoms. The Labute approximate surface area is 165 Å². The lowest BCUT2D eigenvalue weighted by molar-refractivity contribution is -0.126. The predicted molar refractivity (Wildman–Crippen MR) is 106 cm³/mol. The minimum Gasteiger partial charge on any atom is -0.361 e. The van der Waals surface area contributed by atoms with Gasteiger partial charge in [-0.05, 0) is 18.6 Å². The molecule has 28 heavy (non-hydrogen) atoms. The highest BCUT2D eigenvalue weighted by Crippen LogP contribution is 2.28. The zero-order valence-corrected chi connectivity index (χ0v) is 16.0. The smallest absolute Gasteiger partial charge is 0.279 e. The monoisotopic (exact) mass is 394 g/mol. The van der Waals surface area contributed by atoms with E-state index in [0.717, 1.165) is 16.1 Å². The maximum absolute atomic E-state index is 12.5. The Hall–Kier alpha value is -3.26. The van der Waals surface area contributed by atoms with Crippen LogP contribution in [0.1, 0.15) is 32.4 Å². The van der Waals surface area contributed by atoms with Gasteiger partial charge in [0.05, 0.1) is 12.2 Å². The Balaban J connectivity index is 1.41. The zero-order chi connectivity index (χ0) is 19.5. The summed E-state index contributed by atoms with van der Waals surface area (Å²) in [5.41, 5.74) is 2.13. The van der Waals surface area contributed by atoms with E-state index in [1.54, 1.807) is 24.0 Å². The first-order chi connectivity index (χ1) is 13.6. The molecule has 1 aliphatic heterocycles. The normalized spacial score (nSPS) is 13.5. The highest BCUT2D eigenvalue weighted by Gasteiger charge is 2.24. The third kappa shape index (κ3) is 4.01.